The van der Waals surface area contributed by atoms with Gasteiger partial charge in [-0.3, -0.25) is 9.78 Å². The minimum atomic E-state index is 0. The largest absolute Gasteiger partial charge is 0.350 e. The van der Waals surface area contributed by atoms with E-state index >= 15 is 0 Å². The molecule has 4 nitrogen and oxygen atoms in total. The molecule has 1 amide bonds. The number of carbonyl (C=O) groups excluding carboxylic acids is 1. The summed E-state index contributed by atoms with van der Waals surface area (Å²) in [6.07, 6.45) is 2.95. The van der Waals surface area contributed by atoms with Gasteiger partial charge in [-0.2, -0.15) is 0 Å². The van der Waals surface area contributed by atoms with Gasteiger partial charge in [0.15, 0.2) is 0 Å². The molecule has 1 heterocycles. The van der Waals surface area contributed by atoms with Crippen LogP contribution in [0.4, 0.5) is 0 Å². The maximum Gasteiger partial charge on any atom is 0.220 e. The molecule has 1 aromatic heterocycles. The summed E-state index contributed by atoms with van der Waals surface area (Å²) in [5, 5.41) is 2.82. The fourth-order valence-electron chi connectivity index (χ4n) is 1.24. The quantitative estimate of drug-likeness (QED) is 0.860. The van der Waals surface area contributed by atoms with E-state index in [1.54, 1.807) is 6.20 Å². The maximum atomic E-state index is 11.3. The smallest absolute Gasteiger partial charge is 0.220 e. The first-order chi connectivity index (χ1) is 7.24. The van der Waals surface area contributed by atoms with Crippen molar-refractivity contribution in [3.05, 3.63) is 29.6 Å². The molecule has 1 aromatic rings. The lowest BCUT2D eigenvalue weighted by atomic mass is 10.2. The average Bonchev–Trinajstić information content (AvgIpc) is 2.25. The minimum Gasteiger partial charge on any atom is -0.350 e. The van der Waals surface area contributed by atoms with Crippen molar-refractivity contribution in [1.29, 1.82) is 0 Å². The molecule has 0 aromatic carbocycles. The van der Waals surface area contributed by atoms with E-state index in [1.807, 2.05) is 19.1 Å². The molecule has 0 unspecified atom stereocenters. The van der Waals surface area contributed by atoms with E-state index < -0.39 is 0 Å². The number of hydrogen-bond donors (Lipinski definition) is 2. The van der Waals surface area contributed by atoms with Gasteiger partial charge in [0.2, 0.25) is 5.91 Å². The van der Waals surface area contributed by atoms with E-state index in [-0.39, 0.29) is 30.7 Å². The number of nitrogens with two attached hydrogens (primary N) is 1. The number of nitrogens with zero attached hydrogens (tertiary/aromatic N) is 1. The molecule has 0 aliphatic rings. The van der Waals surface area contributed by atoms with Crippen molar-refractivity contribution in [3.63, 3.8) is 0 Å². The zero-order valence-corrected chi connectivity index (χ0v) is 11.4. The summed E-state index contributed by atoms with van der Waals surface area (Å²) in [5.41, 5.74) is 7.33. The Morgan fingerprint density at radius 2 is 2.18 bits per heavy atom. The topological polar surface area (TPSA) is 68.0 Å². The lowest BCUT2D eigenvalue weighted by molar-refractivity contribution is -0.121. The second-order valence-electron chi connectivity index (χ2n) is 3.44. The van der Waals surface area contributed by atoms with Gasteiger partial charge in [-0.1, -0.05) is 6.07 Å². The SMILES string of the molecule is Cc1cccnc1CNC(=O)CCCN.Cl.Cl. The number of pyridine rings is 1. The van der Waals surface area contributed by atoms with Crippen LogP contribution in [0, 0.1) is 6.92 Å². The minimum absolute atomic E-state index is 0. The molecule has 17 heavy (non-hydrogen) atoms. The van der Waals surface area contributed by atoms with Crippen LogP contribution in [0.2, 0.25) is 0 Å². The first-order valence-corrected chi connectivity index (χ1v) is 5.11. The summed E-state index contributed by atoms with van der Waals surface area (Å²) >= 11 is 0. The van der Waals surface area contributed by atoms with Crippen LogP contribution in [0.3, 0.4) is 0 Å². The van der Waals surface area contributed by atoms with Crippen molar-refractivity contribution >= 4 is 30.7 Å². The predicted molar refractivity (Wildman–Crippen MR) is 73.6 cm³/mol. The summed E-state index contributed by atoms with van der Waals surface area (Å²) in [7, 11) is 0. The number of amides is 1. The van der Waals surface area contributed by atoms with Gasteiger partial charge >= 0.3 is 0 Å². The summed E-state index contributed by atoms with van der Waals surface area (Å²) in [6.45, 7) is 3.03. The van der Waals surface area contributed by atoms with Crippen molar-refractivity contribution < 1.29 is 4.79 Å². The third kappa shape index (κ3) is 7.15. The Morgan fingerprint density at radius 1 is 1.47 bits per heavy atom. The van der Waals surface area contributed by atoms with Gasteiger partial charge in [-0.15, -0.1) is 24.8 Å². The lowest BCUT2D eigenvalue weighted by Gasteiger charge is -2.06. The Morgan fingerprint density at radius 3 is 2.76 bits per heavy atom. The maximum absolute atomic E-state index is 11.3. The van der Waals surface area contributed by atoms with Crippen molar-refractivity contribution in [2.24, 2.45) is 5.73 Å². The van der Waals surface area contributed by atoms with E-state index in [0.717, 1.165) is 17.7 Å². The summed E-state index contributed by atoms with van der Waals surface area (Å²) in [5.74, 6) is 0.0329. The molecule has 0 spiro atoms. The molecular weight excluding hydrogens is 261 g/mol. The summed E-state index contributed by atoms with van der Waals surface area (Å²) < 4.78 is 0. The zero-order chi connectivity index (χ0) is 11.1. The molecule has 0 atom stereocenters. The van der Waals surface area contributed by atoms with Crippen molar-refractivity contribution in [2.75, 3.05) is 6.54 Å². The van der Waals surface area contributed by atoms with Gasteiger partial charge < -0.3 is 11.1 Å². The Bertz CT molecular complexity index is 334. The molecule has 1 rings (SSSR count). The van der Waals surface area contributed by atoms with Crippen LogP contribution in [0.5, 0.6) is 0 Å². The first kappa shape index (κ1) is 18.5. The number of aryl methyl sites for hydroxylation is 1. The normalized spacial score (nSPS) is 8.82. The highest BCUT2D eigenvalue weighted by Gasteiger charge is 2.02. The van der Waals surface area contributed by atoms with Crippen LogP contribution in [0.25, 0.3) is 0 Å². The molecule has 0 bridgehead atoms. The molecule has 0 saturated heterocycles. The van der Waals surface area contributed by atoms with E-state index in [1.165, 1.54) is 0 Å². The first-order valence-electron chi connectivity index (χ1n) is 5.11. The highest BCUT2D eigenvalue weighted by Crippen LogP contribution is 2.02. The Balaban J connectivity index is 0. The van der Waals surface area contributed by atoms with Gasteiger partial charge in [0.25, 0.3) is 0 Å². The van der Waals surface area contributed by atoms with Gasteiger partial charge in [0.1, 0.15) is 0 Å². The van der Waals surface area contributed by atoms with Crippen LogP contribution >= 0.6 is 24.8 Å². The Kier molecular flexibility index (Phi) is 11.2. The number of rotatable bonds is 5. The molecular formula is C11H19Cl2N3O. The highest BCUT2D eigenvalue weighted by atomic mass is 35.5. The van der Waals surface area contributed by atoms with Crippen LogP contribution in [-0.4, -0.2) is 17.4 Å². The fourth-order valence-corrected chi connectivity index (χ4v) is 1.24. The lowest BCUT2D eigenvalue weighted by Crippen LogP contribution is -2.24. The monoisotopic (exact) mass is 279 g/mol. The van der Waals surface area contributed by atoms with Crippen molar-refractivity contribution in [3.8, 4) is 0 Å². The molecule has 0 saturated carbocycles. The third-order valence-corrected chi connectivity index (χ3v) is 2.18. The van der Waals surface area contributed by atoms with Crippen molar-refractivity contribution in [2.45, 2.75) is 26.3 Å². The molecule has 0 radical (unpaired) electrons. The average molecular weight is 280 g/mol. The highest BCUT2D eigenvalue weighted by molar-refractivity contribution is 5.85. The molecule has 3 N–H and O–H groups in total. The second-order valence-corrected chi connectivity index (χ2v) is 3.44. The van der Waals surface area contributed by atoms with E-state index in [2.05, 4.69) is 10.3 Å². The summed E-state index contributed by atoms with van der Waals surface area (Å²) in [4.78, 5) is 15.5. The van der Waals surface area contributed by atoms with Gasteiger partial charge in [0.05, 0.1) is 12.2 Å². The standard InChI is InChI=1S/C11H17N3O.2ClH/c1-9-4-3-7-13-10(9)8-14-11(15)5-2-6-12;;/h3-4,7H,2,5-6,8,12H2,1H3,(H,14,15);2*1H. The van der Waals surface area contributed by atoms with Crippen LogP contribution in [-0.2, 0) is 11.3 Å². The van der Waals surface area contributed by atoms with E-state index in [9.17, 15) is 4.79 Å². The zero-order valence-electron chi connectivity index (χ0n) is 9.81. The number of aromatic nitrogens is 1. The number of carbonyl (C=O) groups is 1. The number of halogens is 2. The predicted octanol–water partition coefficient (Wildman–Crippen LogP) is 1.59. The van der Waals surface area contributed by atoms with Crippen LogP contribution in [0.1, 0.15) is 24.1 Å². The van der Waals surface area contributed by atoms with Gasteiger partial charge in [-0.25, -0.2) is 0 Å². The Labute approximate surface area is 114 Å². The van der Waals surface area contributed by atoms with Crippen LogP contribution in [0.15, 0.2) is 18.3 Å². The Hall–Kier alpha value is -0.840. The molecule has 0 fully saturated rings. The number of nitrogens with one attached hydrogen (secondary N) is 1. The van der Waals surface area contributed by atoms with Gasteiger partial charge in [0, 0.05) is 12.6 Å². The van der Waals surface area contributed by atoms with E-state index in [4.69, 9.17) is 5.73 Å². The van der Waals surface area contributed by atoms with Gasteiger partial charge in [-0.05, 0) is 31.5 Å². The second kappa shape index (κ2) is 10.3. The molecule has 6 heteroatoms. The van der Waals surface area contributed by atoms with Crippen LogP contribution < -0.4 is 11.1 Å². The number of hydrogen-bond acceptors (Lipinski definition) is 3. The fraction of sp³-hybridized carbons (Fsp3) is 0.455. The summed E-state index contributed by atoms with van der Waals surface area (Å²) in [6, 6.07) is 3.86. The third-order valence-electron chi connectivity index (χ3n) is 2.18. The van der Waals surface area contributed by atoms with E-state index in [0.29, 0.717) is 19.5 Å². The van der Waals surface area contributed by atoms with Crippen molar-refractivity contribution in [1.82, 2.24) is 10.3 Å². The molecule has 98 valence electrons. The molecule has 0 aliphatic carbocycles. The molecule has 0 aliphatic heterocycles.